The molecule has 0 aromatic heterocycles. The molecule has 3 nitrogen and oxygen atoms in total. The number of ether oxygens (including phenoxy) is 1. The Balaban J connectivity index is 2.43. The van der Waals surface area contributed by atoms with Gasteiger partial charge in [-0.05, 0) is 31.9 Å². The zero-order chi connectivity index (χ0) is 13.9. The third kappa shape index (κ3) is 6.71. The van der Waals surface area contributed by atoms with Gasteiger partial charge in [0.15, 0.2) is 0 Å². The maximum Gasteiger partial charge on any atom is 0.0709 e. The molecular weight excluding hydrogens is 236 g/mol. The van der Waals surface area contributed by atoms with E-state index in [0.29, 0.717) is 6.54 Å². The van der Waals surface area contributed by atoms with E-state index in [4.69, 9.17) is 10.5 Å². The molecule has 0 bridgehead atoms. The summed E-state index contributed by atoms with van der Waals surface area (Å²) in [6.07, 6.45) is 2.38. The molecule has 1 rings (SSSR count). The van der Waals surface area contributed by atoms with Crippen molar-refractivity contribution < 1.29 is 4.74 Å². The minimum Gasteiger partial charge on any atom is -0.377 e. The first-order valence-corrected chi connectivity index (χ1v) is 7.38. The number of hydrogen-bond acceptors (Lipinski definition) is 3. The highest BCUT2D eigenvalue weighted by atomic mass is 16.5. The predicted octanol–water partition coefficient (Wildman–Crippen LogP) is 2.65. The zero-order valence-electron chi connectivity index (χ0n) is 12.3. The molecule has 1 aromatic carbocycles. The van der Waals surface area contributed by atoms with Crippen LogP contribution < -0.4 is 5.73 Å². The van der Waals surface area contributed by atoms with Gasteiger partial charge in [-0.25, -0.2) is 0 Å². The zero-order valence-corrected chi connectivity index (χ0v) is 12.3. The molecule has 0 radical (unpaired) electrons. The van der Waals surface area contributed by atoms with Crippen molar-refractivity contribution in [3.8, 4) is 0 Å². The van der Waals surface area contributed by atoms with Crippen LogP contribution in [0.2, 0.25) is 0 Å². The van der Waals surface area contributed by atoms with Crippen molar-refractivity contribution >= 4 is 0 Å². The first-order chi connectivity index (χ1) is 9.30. The molecule has 0 amide bonds. The summed E-state index contributed by atoms with van der Waals surface area (Å²) in [5.74, 6) is 0. The number of nitrogens with two attached hydrogens (primary N) is 1. The lowest BCUT2D eigenvalue weighted by Crippen LogP contribution is -2.32. The lowest BCUT2D eigenvalue weighted by Gasteiger charge is -2.24. The van der Waals surface area contributed by atoms with Crippen LogP contribution in [0.25, 0.3) is 0 Å². The lowest BCUT2D eigenvalue weighted by atomic mass is 10.2. The molecule has 2 N–H and O–H groups in total. The quantitative estimate of drug-likeness (QED) is 0.706. The second-order valence-electron chi connectivity index (χ2n) is 4.86. The summed E-state index contributed by atoms with van der Waals surface area (Å²) < 4.78 is 5.62. The van der Waals surface area contributed by atoms with Crippen molar-refractivity contribution in [2.24, 2.45) is 5.73 Å². The summed E-state index contributed by atoms with van der Waals surface area (Å²) in [5, 5.41) is 0. The van der Waals surface area contributed by atoms with E-state index in [1.807, 2.05) is 6.92 Å². The average Bonchev–Trinajstić information content (AvgIpc) is 2.44. The van der Waals surface area contributed by atoms with Gasteiger partial charge in [-0.3, -0.25) is 4.90 Å². The Morgan fingerprint density at radius 3 is 2.47 bits per heavy atom. The van der Waals surface area contributed by atoms with Crippen LogP contribution in [0.1, 0.15) is 32.3 Å². The van der Waals surface area contributed by atoms with Crippen molar-refractivity contribution in [1.29, 1.82) is 0 Å². The number of benzene rings is 1. The van der Waals surface area contributed by atoms with Gasteiger partial charge in [0.2, 0.25) is 0 Å². The van der Waals surface area contributed by atoms with Gasteiger partial charge in [0.25, 0.3) is 0 Å². The monoisotopic (exact) mass is 264 g/mol. The van der Waals surface area contributed by atoms with Gasteiger partial charge >= 0.3 is 0 Å². The molecule has 0 spiro atoms. The summed E-state index contributed by atoms with van der Waals surface area (Å²) in [6, 6.07) is 10.6. The molecule has 1 aromatic rings. The molecule has 0 aliphatic carbocycles. The summed E-state index contributed by atoms with van der Waals surface area (Å²) >= 11 is 0. The number of hydrogen-bond donors (Lipinski definition) is 1. The number of rotatable bonds is 10. The fourth-order valence-corrected chi connectivity index (χ4v) is 2.26. The molecule has 19 heavy (non-hydrogen) atoms. The summed E-state index contributed by atoms with van der Waals surface area (Å²) in [5.41, 5.74) is 7.10. The first-order valence-electron chi connectivity index (χ1n) is 7.38. The van der Waals surface area contributed by atoms with Gasteiger partial charge in [0.1, 0.15) is 0 Å². The van der Waals surface area contributed by atoms with E-state index in [-0.39, 0.29) is 6.10 Å². The Hall–Kier alpha value is -0.900. The maximum atomic E-state index is 5.73. The summed E-state index contributed by atoms with van der Waals surface area (Å²) in [7, 11) is 0. The minimum absolute atomic E-state index is 0.195. The summed E-state index contributed by atoms with van der Waals surface area (Å²) in [6.45, 7) is 8.78. The van der Waals surface area contributed by atoms with Gasteiger partial charge in [-0.1, -0.05) is 37.3 Å². The first kappa shape index (κ1) is 16.2. The molecule has 0 saturated carbocycles. The molecule has 3 heteroatoms. The Morgan fingerprint density at radius 1 is 1.16 bits per heavy atom. The predicted molar refractivity (Wildman–Crippen MR) is 81.1 cm³/mol. The standard InChI is InChI=1S/C16H28N2O/c1-3-11-18(12-10-16(13-17)19-4-2)14-15-8-6-5-7-9-15/h5-9,16H,3-4,10-14,17H2,1-2H3. The van der Waals surface area contributed by atoms with Crippen LogP contribution in [0.4, 0.5) is 0 Å². The van der Waals surface area contributed by atoms with E-state index in [2.05, 4.69) is 42.2 Å². The molecular formula is C16H28N2O. The van der Waals surface area contributed by atoms with E-state index < -0.39 is 0 Å². The third-order valence-corrected chi connectivity index (χ3v) is 3.22. The van der Waals surface area contributed by atoms with Crippen LogP contribution in [0.15, 0.2) is 30.3 Å². The Morgan fingerprint density at radius 2 is 1.89 bits per heavy atom. The van der Waals surface area contributed by atoms with Crippen LogP contribution >= 0.6 is 0 Å². The highest BCUT2D eigenvalue weighted by molar-refractivity contribution is 5.14. The molecule has 0 heterocycles. The summed E-state index contributed by atoms with van der Waals surface area (Å²) in [4.78, 5) is 2.48. The molecule has 1 atom stereocenters. The van der Waals surface area contributed by atoms with Crippen LogP contribution in [-0.2, 0) is 11.3 Å². The van der Waals surface area contributed by atoms with E-state index in [1.165, 1.54) is 12.0 Å². The Labute approximate surface area is 117 Å². The van der Waals surface area contributed by atoms with Crippen molar-refractivity contribution in [3.63, 3.8) is 0 Å². The topological polar surface area (TPSA) is 38.5 Å². The van der Waals surface area contributed by atoms with Gasteiger partial charge in [-0.2, -0.15) is 0 Å². The van der Waals surface area contributed by atoms with Crippen molar-refractivity contribution in [3.05, 3.63) is 35.9 Å². The molecule has 0 saturated heterocycles. The smallest absolute Gasteiger partial charge is 0.0709 e. The van der Waals surface area contributed by atoms with Gasteiger partial charge < -0.3 is 10.5 Å². The molecule has 0 aliphatic heterocycles. The molecule has 1 unspecified atom stereocenters. The largest absolute Gasteiger partial charge is 0.377 e. The number of nitrogens with zero attached hydrogens (tertiary/aromatic N) is 1. The minimum atomic E-state index is 0.195. The van der Waals surface area contributed by atoms with Gasteiger partial charge in [-0.15, -0.1) is 0 Å². The Kier molecular flexibility index (Phi) is 8.47. The van der Waals surface area contributed by atoms with Crippen LogP contribution in [0.3, 0.4) is 0 Å². The van der Waals surface area contributed by atoms with E-state index in [9.17, 15) is 0 Å². The molecule has 0 aliphatic rings. The Bertz CT molecular complexity index is 316. The highest BCUT2D eigenvalue weighted by Crippen LogP contribution is 2.07. The van der Waals surface area contributed by atoms with Crippen molar-refractivity contribution in [1.82, 2.24) is 4.90 Å². The van der Waals surface area contributed by atoms with Crippen molar-refractivity contribution in [2.45, 2.75) is 39.3 Å². The van der Waals surface area contributed by atoms with Gasteiger partial charge in [0.05, 0.1) is 6.10 Å². The van der Waals surface area contributed by atoms with E-state index in [1.54, 1.807) is 0 Å². The van der Waals surface area contributed by atoms with E-state index >= 15 is 0 Å². The van der Waals surface area contributed by atoms with E-state index in [0.717, 1.165) is 32.7 Å². The fraction of sp³-hybridized carbons (Fsp3) is 0.625. The fourth-order valence-electron chi connectivity index (χ4n) is 2.26. The molecule has 108 valence electrons. The normalized spacial score (nSPS) is 12.8. The van der Waals surface area contributed by atoms with Gasteiger partial charge in [0, 0.05) is 26.2 Å². The second-order valence-corrected chi connectivity index (χ2v) is 4.86. The SMILES string of the molecule is CCCN(CCC(CN)OCC)Cc1ccccc1. The second kappa shape index (κ2) is 9.96. The van der Waals surface area contributed by atoms with Crippen molar-refractivity contribution in [2.75, 3.05) is 26.2 Å². The highest BCUT2D eigenvalue weighted by Gasteiger charge is 2.10. The van der Waals surface area contributed by atoms with Crippen LogP contribution in [0.5, 0.6) is 0 Å². The third-order valence-electron chi connectivity index (χ3n) is 3.22. The maximum absolute atomic E-state index is 5.73. The van der Waals surface area contributed by atoms with Crippen LogP contribution in [-0.4, -0.2) is 37.2 Å². The average molecular weight is 264 g/mol. The molecule has 0 fully saturated rings. The lowest BCUT2D eigenvalue weighted by molar-refractivity contribution is 0.0536. The van der Waals surface area contributed by atoms with Crippen LogP contribution in [0, 0.1) is 0 Å².